The van der Waals surface area contributed by atoms with Crippen LogP contribution in [0.25, 0.3) is 5.65 Å². The van der Waals surface area contributed by atoms with Gasteiger partial charge in [0.2, 0.25) is 0 Å². The van der Waals surface area contributed by atoms with Gasteiger partial charge in [-0.15, -0.1) is 0 Å². The molecule has 94 valence electrons. The molecule has 19 heavy (non-hydrogen) atoms. The summed E-state index contributed by atoms with van der Waals surface area (Å²) in [6.45, 7) is 0. The summed E-state index contributed by atoms with van der Waals surface area (Å²) in [4.78, 5) is 8.80. The second-order valence-corrected chi connectivity index (χ2v) is 5.21. The van der Waals surface area contributed by atoms with E-state index in [9.17, 15) is 0 Å². The van der Waals surface area contributed by atoms with Gasteiger partial charge in [0.1, 0.15) is 5.15 Å². The van der Waals surface area contributed by atoms with Gasteiger partial charge in [0.15, 0.2) is 5.65 Å². The van der Waals surface area contributed by atoms with Crippen LogP contribution in [0.1, 0.15) is 29.5 Å². The van der Waals surface area contributed by atoms with Crippen LogP contribution < -0.4 is 0 Å². The van der Waals surface area contributed by atoms with Gasteiger partial charge in [-0.05, 0) is 30.5 Å². The first-order valence-electron chi connectivity index (χ1n) is 6.23. The summed E-state index contributed by atoms with van der Waals surface area (Å²) in [5, 5.41) is 4.71. The molecular weight excluding hydrogens is 260 g/mol. The summed E-state index contributed by atoms with van der Waals surface area (Å²) >= 11 is 6.07. The molecule has 1 unspecified atom stereocenters. The van der Waals surface area contributed by atoms with Crippen LogP contribution in [0, 0.1) is 0 Å². The van der Waals surface area contributed by atoms with Gasteiger partial charge >= 0.3 is 0 Å². The van der Waals surface area contributed by atoms with Crippen LogP contribution in [0.3, 0.4) is 0 Å². The lowest BCUT2D eigenvalue weighted by Crippen LogP contribution is -1.97. The Hall–Kier alpha value is -1.94. The monoisotopic (exact) mass is 270 g/mol. The van der Waals surface area contributed by atoms with Gasteiger partial charge in [-0.3, -0.25) is 4.98 Å². The maximum Gasteiger partial charge on any atom is 0.157 e. The number of fused-ring (bicyclic) bond motifs is 1. The number of nitrogens with zero attached hydrogens (tertiary/aromatic N) is 4. The molecule has 0 N–H and O–H groups in total. The van der Waals surface area contributed by atoms with Crippen molar-refractivity contribution < 1.29 is 0 Å². The highest BCUT2D eigenvalue weighted by molar-refractivity contribution is 6.29. The molecule has 0 aromatic carbocycles. The first-order valence-corrected chi connectivity index (χ1v) is 6.61. The van der Waals surface area contributed by atoms with Crippen molar-refractivity contribution in [1.82, 2.24) is 19.6 Å². The molecule has 0 aliphatic heterocycles. The number of imidazole rings is 1. The number of aromatic nitrogens is 4. The zero-order chi connectivity index (χ0) is 12.8. The fourth-order valence-electron chi connectivity index (χ4n) is 2.64. The van der Waals surface area contributed by atoms with E-state index >= 15 is 0 Å². The Morgan fingerprint density at radius 2 is 2.11 bits per heavy atom. The number of hydrogen-bond donors (Lipinski definition) is 0. The second-order valence-electron chi connectivity index (χ2n) is 4.82. The van der Waals surface area contributed by atoms with Crippen molar-refractivity contribution in [2.45, 2.75) is 18.3 Å². The van der Waals surface area contributed by atoms with E-state index in [2.05, 4.69) is 21.1 Å². The number of halogens is 1. The fourth-order valence-corrected chi connectivity index (χ4v) is 2.84. The van der Waals surface area contributed by atoms with Gasteiger partial charge < -0.3 is 0 Å². The van der Waals surface area contributed by atoms with Crippen molar-refractivity contribution in [1.29, 1.82) is 0 Å². The average molecular weight is 271 g/mol. The maximum absolute atomic E-state index is 6.07. The van der Waals surface area contributed by atoms with Gasteiger partial charge in [-0.2, -0.15) is 5.10 Å². The van der Waals surface area contributed by atoms with E-state index < -0.39 is 0 Å². The summed E-state index contributed by atoms with van der Waals surface area (Å²) < 4.78 is 1.74. The third kappa shape index (κ3) is 1.79. The van der Waals surface area contributed by atoms with Crippen LogP contribution in [-0.2, 0) is 0 Å². The Bertz CT molecular complexity index is 738. The van der Waals surface area contributed by atoms with Crippen LogP contribution in [0.2, 0.25) is 5.15 Å². The Kier molecular flexibility index (Phi) is 2.32. The summed E-state index contributed by atoms with van der Waals surface area (Å²) in [5.74, 6) is 0.917. The molecule has 3 heterocycles. The van der Waals surface area contributed by atoms with E-state index in [1.807, 2.05) is 30.6 Å². The molecule has 2 atom stereocenters. The summed E-state index contributed by atoms with van der Waals surface area (Å²) in [5.41, 5.74) is 3.21. The molecule has 0 saturated heterocycles. The van der Waals surface area contributed by atoms with Crippen LogP contribution in [0.4, 0.5) is 0 Å². The third-order valence-electron chi connectivity index (χ3n) is 3.62. The molecule has 0 bridgehead atoms. The van der Waals surface area contributed by atoms with Gasteiger partial charge in [0.25, 0.3) is 0 Å². The lowest BCUT2D eigenvalue weighted by atomic mass is 10.1. The molecule has 1 aliphatic carbocycles. The third-order valence-corrected chi connectivity index (χ3v) is 3.80. The molecule has 1 aliphatic rings. The Balaban J connectivity index is 1.75. The molecule has 0 radical (unpaired) electrons. The number of rotatable bonds is 2. The van der Waals surface area contributed by atoms with Crippen LogP contribution in [-0.4, -0.2) is 19.6 Å². The topological polar surface area (TPSA) is 43.1 Å². The van der Waals surface area contributed by atoms with E-state index in [0.717, 1.165) is 17.8 Å². The lowest BCUT2D eigenvalue weighted by Gasteiger charge is -2.03. The minimum Gasteiger partial charge on any atom is -0.261 e. The summed E-state index contributed by atoms with van der Waals surface area (Å²) in [6.07, 6.45) is 6.51. The largest absolute Gasteiger partial charge is 0.261 e. The molecule has 3 aromatic rings. The predicted molar refractivity (Wildman–Crippen MR) is 72.3 cm³/mol. The molecular formula is C14H11ClN4. The highest BCUT2D eigenvalue weighted by atomic mass is 35.5. The zero-order valence-electron chi connectivity index (χ0n) is 10.1. The quantitative estimate of drug-likeness (QED) is 0.719. The normalized spacial score (nSPS) is 21.7. The van der Waals surface area contributed by atoms with Crippen molar-refractivity contribution in [3.63, 3.8) is 0 Å². The van der Waals surface area contributed by atoms with Gasteiger partial charge in [-0.1, -0.05) is 17.7 Å². The summed E-state index contributed by atoms with van der Waals surface area (Å²) in [6, 6.07) is 7.98. The van der Waals surface area contributed by atoms with Gasteiger partial charge in [0, 0.05) is 35.8 Å². The van der Waals surface area contributed by atoms with Crippen molar-refractivity contribution in [2.24, 2.45) is 0 Å². The highest BCUT2D eigenvalue weighted by Crippen LogP contribution is 2.54. The average Bonchev–Trinajstić information content (AvgIpc) is 3.10. The van der Waals surface area contributed by atoms with E-state index in [1.165, 1.54) is 5.56 Å². The molecule has 0 spiro atoms. The van der Waals surface area contributed by atoms with Crippen molar-refractivity contribution in [2.75, 3.05) is 0 Å². The van der Waals surface area contributed by atoms with Crippen molar-refractivity contribution in [3.05, 3.63) is 59.3 Å². The first kappa shape index (κ1) is 10.9. The van der Waals surface area contributed by atoms with E-state index in [1.54, 1.807) is 10.7 Å². The maximum atomic E-state index is 6.07. The zero-order valence-corrected chi connectivity index (χ0v) is 10.8. The Morgan fingerprint density at radius 1 is 1.16 bits per heavy atom. The fraction of sp³-hybridized carbons (Fsp3) is 0.214. The molecule has 3 aromatic heterocycles. The van der Waals surface area contributed by atoms with Crippen LogP contribution >= 0.6 is 11.6 Å². The minimum absolute atomic E-state index is 0.445. The Labute approximate surface area is 115 Å². The molecule has 1 saturated carbocycles. The second kappa shape index (κ2) is 4.03. The number of pyridine rings is 1. The van der Waals surface area contributed by atoms with Crippen molar-refractivity contribution >= 4 is 17.2 Å². The molecule has 0 amide bonds. The molecule has 1 fully saturated rings. The van der Waals surface area contributed by atoms with E-state index in [-0.39, 0.29) is 0 Å². The first-order chi connectivity index (χ1) is 9.33. The van der Waals surface area contributed by atoms with E-state index in [4.69, 9.17) is 11.6 Å². The highest BCUT2D eigenvalue weighted by Gasteiger charge is 2.42. The van der Waals surface area contributed by atoms with E-state index in [0.29, 0.717) is 17.0 Å². The smallest absolute Gasteiger partial charge is 0.157 e. The standard InChI is InChI=1S/C14H11ClN4/c15-13-8-11(14-17-5-6-19(14)18-13)9-7-10(9)12-3-1-2-4-16-12/h1-6,8-10H,7H2/t9?,10-/m0/s1. The van der Waals surface area contributed by atoms with Crippen LogP contribution in [0.5, 0.6) is 0 Å². The summed E-state index contributed by atoms with van der Waals surface area (Å²) in [7, 11) is 0. The predicted octanol–water partition coefficient (Wildman–Crippen LogP) is 3.05. The molecule has 4 nitrogen and oxygen atoms in total. The molecule has 5 heteroatoms. The lowest BCUT2D eigenvalue weighted by molar-refractivity contribution is 0.899. The Morgan fingerprint density at radius 3 is 2.95 bits per heavy atom. The van der Waals surface area contributed by atoms with Gasteiger partial charge in [-0.25, -0.2) is 9.50 Å². The van der Waals surface area contributed by atoms with Crippen LogP contribution in [0.15, 0.2) is 42.9 Å². The molecule has 4 rings (SSSR count). The SMILES string of the molecule is Clc1cc(C2C[C@@H]2c2ccccn2)c2nccn2n1. The number of hydrogen-bond acceptors (Lipinski definition) is 3. The minimum atomic E-state index is 0.445. The van der Waals surface area contributed by atoms with Gasteiger partial charge in [0.05, 0.1) is 0 Å². The van der Waals surface area contributed by atoms with Crippen molar-refractivity contribution in [3.8, 4) is 0 Å².